The zero-order valence-electron chi connectivity index (χ0n) is 24.6. The molecule has 2 unspecified atom stereocenters. The first-order valence-corrected chi connectivity index (χ1v) is 14.8. The van der Waals surface area contributed by atoms with Gasteiger partial charge in [-0.1, -0.05) is 18.2 Å². The maximum absolute atomic E-state index is 14.2. The Morgan fingerprint density at radius 1 is 1.11 bits per heavy atom. The fourth-order valence-electron chi connectivity index (χ4n) is 6.39. The average molecular weight is 602 g/mol. The highest BCUT2D eigenvalue weighted by atomic mass is 19.2. The molecule has 5 heterocycles. The number of nitrogens with zero attached hydrogens (tertiary/aromatic N) is 6. The molecule has 228 valence electrons. The number of carbonyl (C=O) groups excluding carboxylic acids is 1. The molecule has 0 aliphatic carbocycles. The number of piperazine rings is 1. The fourth-order valence-corrected chi connectivity index (χ4v) is 6.39. The van der Waals surface area contributed by atoms with Gasteiger partial charge in [0.1, 0.15) is 24.2 Å². The number of hydrogen-bond donors (Lipinski definition) is 1. The van der Waals surface area contributed by atoms with Crippen LogP contribution >= 0.6 is 0 Å². The van der Waals surface area contributed by atoms with Gasteiger partial charge in [-0.3, -0.25) is 9.69 Å². The van der Waals surface area contributed by atoms with Gasteiger partial charge in [-0.05, 0) is 31.4 Å². The van der Waals surface area contributed by atoms with Crippen LogP contribution in [0.5, 0.6) is 5.88 Å². The predicted octanol–water partition coefficient (Wildman–Crippen LogP) is 4.49. The zero-order valence-corrected chi connectivity index (χ0v) is 24.6. The lowest BCUT2D eigenvalue weighted by Crippen LogP contribution is -2.52. The first kappa shape index (κ1) is 28.4. The molecule has 1 N–H and O–H groups in total. The number of aryl methyl sites for hydroxylation is 1. The van der Waals surface area contributed by atoms with E-state index in [1.54, 1.807) is 24.8 Å². The summed E-state index contributed by atoms with van der Waals surface area (Å²) in [6.07, 6.45) is 2.77. The van der Waals surface area contributed by atoms with Crippen molar-refractivity contribution in [1.29, 1.82) is 0 Å². The van der Waals surface area contributed by atoms with Crippen LogP contribution in [0, 0.1) is 24.5 Å². The Morgan fingerprint density at radius 3 is 2.77 bits per heavy atom. The SMILES string of the molecule is COc1nc2ccccc2cc1-c1cnc(C2CN(CC3CCOC3)CCN2C(=O)Cn2c(C)nc3cc(F)c(F)cc32)[nH]1. The number of carbonyl (C=O) groups is 1. The number of hydrogen-bond acceptors (Lipinski definition) is 7. The van der Waals surface area contributed by atoms with Crippen LogP contribution in [0.3, 0.4) is 0 Å². The second-order valence-electron chi connectivity index (χ2n) is 11.5. The normalized spacial score (nSPS) is 19.3. The summed E-state index contributed by atoms with van der Waals surface area (Å²) in [7, 11) is 1.59. The van der Waals surface area contributed by atoms with Crippen molar-refractivity contribution in [2.75, 3.05) is 46.5 Å². The maximum atomic E-state index is 14.2. The van der Waals surface area contributed by atoms with Gasteiger partial charge >= 0.3 is 0 Å². The summed E-state index contributed by atoms with van der Waals surface area (Å²) in [5, 5.41) is 0.970. The zero-order chi connectivity index (χ0) is 30.4. The third kappa shape index (κ3) is 5.28. The van der Waals surface area contributed by atoms with Crippen LogP contribution in [0.4, 0.5) is 8.78 Å². The summed E-state index contributed by atoms with van der Waals surface area (Å²) in [4.78, 5) is 35.4. The van der Waals surface area contributed by atoms with Gasteiger partial charge in [0.25, 0.3) is 0 Å². The summed E-state index contributed by atoms with van der Waals surface area (Å²) in [5.74, 6) is -0.0202. The predicted molar refractivity (Wildman–Crippen MR) is 160 cm³/mol. The van der Waals surface area contributed by atoms with Crippen LogP contribution in [0.1, 0.15) is 24.1 Å². The molecule has 5 aromatic rings. The van der Waals surface area contributed by atoms with E-state index >= 15 is 0 Å². The Hall–Kier alpha value is -4.42. The molecule has 2 aromatic carbocycles. The molecular weight excluding hydrogens is 568 g/mol. The highest BCUT2D eigenvalue weighted by Gasteiger charge is 2.35. The molecule has 12 heteroatoms. The molecule has 1 amide bonds. The number of fused-ring (bicyclic) bond motifs is 2. The smallest absolute Gasteiger partial charge is 0.243 e. The van der Waals surface area contributed by atoms with Crippen molar-refractivity contribution in [3.63, 3.8) is 0 Å². The minimum atomic E-state index is -0.977. The standard InChI is InChI=1S/C32H33F2N7O3/c1-19-36-26-12-23(33)24(34)13-28(26)41(19)17-30(42)40-9-8-39(15-20-7-10-44-18-20)16-29(40)31-35-14-27(37-31)22-11-21-5-3-4-6-25(21)38-32(22)43-2/h3-6,11-14,20,29H,7-10,15-18H2,1-2H3,(H,35,37). The van der Waals surface area contributed by atoms with Crippen molar-refractivity contribution in [2.45, 2.75) is 25.9 Å². The molecule has 3 aromatic heterocycles. The van der Waals surface area contributed by atoms with Crippen LogP contribution in [0.15, 0.2) is 48.7 Å². The Morgan fingerprint density at radius 2 is 1.95 bits per heavy atom. The number of pyridine rings is 1. The first-order valence-electron chi connectivity index (χ1n) is 14.8. The second kappa shape index (κ2) is 11.6. The van der Waals surface area contributed by atoms with E-state index < -0.39 is 11.6 Å². The first-order chi connectivity index (χ1) is 21.4. The molecular formula is C32H33F2N7O3. The highest BCUT2D eigenvalue weighted by molar-refractivity contribution is 5.85. The lowest BCUT2D eigenvalue weighted by molar-refractivity contribution is -0.137. The van der Waals surface area contributed by atoms with Crippen LogP contribution < -0.4 is 4.74 Å². The summed E-state index contributed by atoms with van der Waals surface area (Å²) >= 11 is 0. The number of imidazole rings is 2. The molecule has 2 fully saturated rings. The number of benzene rings is 2. The van der Waals surface area contributed by atoms with Crippen molar-refractivity contribution >= 4 is 27.8 Å². The number of rotatable bonds is 7. The van der Waals surface area contributed by atoms with E-state index in [2.05, 4.69) is 19.9 Å². The van der Waals surface area contributed by atoms with E-state index in [-0.39, 0.29) is 18.5 Å². The third-order valence-electron chi connectivity index (χ3n) is 8.68. The summed E-state index contributed by atoms with van der Waals surface area (Å²) in [6.45, 7) is 5.85. The molecule has 7 rings (SSSR count). The van der Waals surface area contributed by atoms with Gasteiger partial charge in [-0.2, -0.15) is 0 Å². The van der Waals surface area contributed by atoms with Gasteiger partial charge in [0, 0.05) is 50.3 Å². The van der Waals surface area contributed by atoms with Crippen LogP contribution in [0.2, 0.25) is 0 Å². The lowest BCUT2D eigenvalue weighted by atomic mass is 10.1. The number of para-hydroxylation sites is 1. The second-order valence-corrected chi connectivity index (χ2v) is 11.5. The Labute approximate surface area is 252 Å². The molecule has 2 saturated heterocycles. The fraction of sp³-hybridized carbons (Fsp3) is 0.375. The highest BCUT2D eigenvalue weighted by Crippen LogP contribution is 2.33. The number of methoxy groups -OCH3 is 1. The van der Waals surface area contributed by atoms with E-state index in [4.69, 9.17) is 14.5 Å². The van der Waals surface area contributed by atoms with E-state index in [1.807, 2.05) is 35.2 Å². The molecule has 0 spiro atoms. The summed E-state index contributed by atoms with van der Waals surface area (Å²) < 4.78 is 40.9. The minimum Gasteiger partial charge on any atom is -0.480 e. The largest absolute Gasteiger partial charge is 0.480 e. The molecule has 0 saturated carbocycles. The van der Waals surface area contributed by atoms with Crippen LogP contribution in [-0.2, 0) is 16.1 Å². The minimum absolute atomic E-state index is 0.0592. The van der Waals surface area contributed by atoms with Crippen molar-refractivity contribution in [1.82, 2.24) is 34.3 Å². The van der Waals surface area contributed by atoms with E-state index in [1.165, 1.54) is 0 Å². The maximum Gasteiger partial charge on any atom is 0.243 e. The Bertz CT molecular complexity index is 1850. The van der Waals surface area contributed by atoms with Gasteiger partial charge in [0.2, 0.25) is 11.8 Å². The van der Waals surface area contributed by atoms with Gasteiger partial charge in [-0.25, -0.2) is 23.7 Å². The molecule has 0 bridgehead atoms. The quantitative estimate of drug-likeness (QED) is 0.293. The van der Waals surface area contributed by atoms with E-state index in [0.717, 1.165) is 60.5 Å². The van der Waals surface area contributed by atoms with Crippen LogP contribution in [-0.4, -0.2) is 86.7 Å². The van der Waals surface area contributed by atoms with Crippen molar-refractivity contribution < 1.29 is 23.0 Å². The number of nitrogens with one attached hydrogen (secondary N) is 1. The average Bonchev–Trinajstić information content (AvgIpc) is 3.79. The molecule has 2 aliphatic heterocycles. The molecule has 10 nitrogen and oxygen atoms in total. The van der Waals surface area contributed by atoms with Gasteiger partial charge in [-0.15, -0.1) is 0 Å². The van der Waals surface area contributed by atoms with Gasteiger partial charge in [0.15, 0.2) is 11.6 Å². The van der Waals surface area contributed by atoms with Crippen molar-refractivity contribution in [2.24, 2.45) is 5.92 Å². The number of halogens is 2. The third-order valence-corrected chi connectivity index (χ3v) is 8.68. The number of H-pyrrole nitrogens is 1. The van der Waals surface area contributed by atoms with Crippen molar-refractivity contribution in [3.05, 3.63) is 71.9 Å². The number of aromatic nitrogens is 5. The lowest BCUT2D eigenvalue weighted by Gasteiger charge is -2.41. The Balaban J connectivity index is 1.21. The van der Waals surface area contributed by atoms with E-state index in [0.29, 0.717) is 54.1 Å². The number of aromatic amines is 1. The number of amides is 1. The monoisotopic (exact) mass is 601 g/mol. The molecule has 44 heavy (non-hydrogen) atoms. The van der Waals surface area contributed by atoms with Crippen LogP contribution in [0.25, 0.3) is 33.2 Å². The molecule has 0 radical (unpaired) electrons. The van der Waals surface area contributed by atoms with Gasteiger partial charge < -0.3 is 23.9 Å². The van der Waals surface area contributed by atoms with Crippen molar-refractivity contribution in [3.8, 4) is 17.1 Å². The topological polar surface area (TPSA) is 101 Å². The summed E-state index contributed by atoms with van der Waals surface area (Å²) in [6, 6.07) is 11.6. The Kier molecular flexibility index (Phi) is 7.47. The molecule has 2 aliphatic rings. The van der Waals surface area contributed by atoms with Gasteiger partial charge in [0.05, 0.1) is 47.7 Å². The summed E-state index contributed by atoms with van der Waals surface area (Å²) in [5.41, 5.74) is 3.02. The number of ether oxygens (including phenoxy) is 2. The van der Waals surface area contributed by atoms with E-state index in [9.17, 15) is 13.6 Å². The molecule has 2 atom stereocenters.